The van der Waals surface area contributed by atoms with E-state index in [1.54, 1.807) is 30.3 Å². The molecule has 1 unspecified atom stereocenters. The van der Waals surface area contributed by atoms with Crippen LogP contribution in [0.4, 0.5) is 0 Å². The van der Waals surface area contributed by atoms with Gasteiger partial charge in [-0.05, 0) is 54.8 Å². The van der Waals surface area contributed by atoms with Gasteiger partial charge >= 0.3 is 0 Å². The lowest BCUT2D eigenvalue weighted by Crippen LogP contribution is -2.45. The van der Waals surface area contributed by atoms with Crippen molar-refractivity contribution in [2.45, 2.75) is 33.2 Å². The summed E-state index contributed by atoms with van der Waals surface area (Å²) in [7, 11) is 0. The molecule has 0 saturated carbocycles. The predicted molar refractivity (Wildman–Crippen MR) is 110 cm³/mol. The van der Waals surface area contributed by atoms with Gasteiger partial charge in [0.15, 0.2) is 6.61 Å². The van der Waals surface area contributed by atoms with Gasteiger partial charge < -0.3 is 10.1 Å². The van der Waals surface area contributed by atoms with Crippen molar-refractivity contribution in [3.8, 4) is 5.75 Å². The highest BCUT2D eigenvalue weighted by atomic mass is 35.5. The molecule has 2 aromatic rings. The molecule has 0 aliphatic carbocycles. The number of halogens is 1. The van der Waals surface area contributed by atoms with E-state index in [1.807, 2.05) is 26.0 Å². The fourth-order valence-corrected chi connectivity index (χ4v) is 2.68. The summed E-state index contributed by atoms with van der Waals surface area (Å²) in [5.74, 6) is -0.663. The zero-order chi connectivity index (χ0) is 21.4. The van der Waals surface area contributed by atoms with Crippen LogP contribution in [0.1, 0.15) is 36.1 Å². The first kappa shape index (κ1) is 22.2. The van der Waals surface area contributed by atoms with E-state index < -0.39 is 17.9 Å². The SMILES string of the molecule is CC(=O)NC(CC(=O)NNC(=O)COc1ccc(C)c(C)c1)c1ccc(Cl)cc1. The molecule has 0 fully saturated rings. The molecule has 0 saturated heterocycles. The Morgan fingerprint density at radius 3 is 2.24 bits per heavy atom. The van der Waals surface area contributed by atoms with Crippen molar-refractivity contribution < 1.29 is 19.1 Å². The topological polar surface area (TPSA) is 96.5 Å². The van der Waals surface area contributed by atoms with Crippen LogP contribution in [0.3, 0.4) is 0 Å². The number of aryl methyl sites for hydroxylation is 2. The van der Waals surface area contributed by atoms with Crippen LogP contribution in [0.15, 0.2) is 42.5 Å². The zero-order valence-electron chi connectivity index (χ0n) is 16.5. The van der Waals surface area contributed by atoms with Gasteiger partial charge in [0.25, 0.3) is 5.91 Å². The maximum Gasteiger partial charge on any atom is 0.276 e. The van der Waals surface area contributed by atoms with Gasteiger partial charge in [-0.2, -0.15) is 0 Å². The largest absolute Gasteiger partial charge is 0.484 e. The summed E-state index contributed by atoms with van der Waals surface area (Å²) in [5, 5.41) is 3.26. The molecule has 0 aliphatic heterocycles. The molecule has 29 heavy (non-hydrogen) atoms. The lowest BCUT2D eigenvalue weighted by atomic mass is 10.0. The normalized spacial score (nSPS) is 11.3. The van der Waals surface area contributed by atoms with Crippen molar-refractivity contribution in [1.29, 1.82) is 0 Å². The molecule has 3 amide bonds. The highest BCUT2D eigenvalue weighted by Gasteiger charge is 2.17. The van der Waals surface area contributed by atoms with Gasteiger partial charge in [0.1, 0.15) is 5.75 Å². The standard InChI is InChI=1S/C21H24ClN3O4/c1-13-4-9-18(10-14(13)2)29-12-21(28)25-24-20(27)11-19(23-15(3)26)16-5-7-17(22)8-6-16/h4-10,19H,11-12H2,1-3H3,(H,23,26)(H,24,27)(H,25,28). The van der Waals surface area contributed by atoms with Crippen LogP contribution in [-0.4, -0.2) is 24.3 Å². The van der Waals surface area contributed by atoms with Crippen molar-refractivity contribution in [3.05, 3.63) is 64.2 Å². The van der Waals surface area contributed by atoms with Crippen LogP contribution in [0, 0.1) is 13.8 Å². The van der Waals surface area contributed by atoms with Crippen LogP contribution >= 0.6 is 11.6 Å². The Morgan fingerprint density at radius 1 is 0.966 bits per heavy atom. The molecule has 0 radical (unpaired) electrons. The van der Waals surface area contributed by atoms with Gasteiger partial charge in [0, 0.05) is 11.9 Å². The van der Waals surface area contributed by atoms with E-state index in [2.05, 4.69) is 16.2 Å². The zero-order valence-corrected chi connectivity index (χ0v) is 17.3. The number of ether oxygens (including phenoxy) is 1. The van der Waals surface area contributed by atoms with E-state index in [9.17, 15) is 14.4 Å². The molecule has 0 aliphatic rings. The molecule has 8 heteroatoms. The fraction of sp³-hybridized carbons (Fsp3) is 0.286. The Kier molecular flexibility index (Phi) is 8.03. The highest BCUT2D eigenvalue weighted by molar-refractivity contribution is 6.30. The minimum absolute atomic E-state index is 0.0560. The number of amides is 3. The Balaban J connectivity index is 1.84. The smallest absolute Gasteiger partial charge is 0.276 e. The maximum atomic E-state index is 12.2. The van der Waals surface area contributed by atoms with E-state index >= 15 is 0 Å². The summed E-state index contributed by atoms with van der Waals surface area (Å²) in [6, 6.07) is 11.8. The summed E-state index contributed by atoms with van der Waals surface area (Å²) in [5.41, 5.74) is 7.54. The molecule has 3 N–H and O–H groups in total. The number of rotatable bonds is 7. The third-order valence-electron chi connectivity index (χ3n) is 4.23. The third kappa shape index (κ3) is 7.46. The highest BCUT2D eigenvalue weighted by Crippen LogP contribution is 2.19. The Bertz CT molecular complexity index is 884. The Hall–Kier alpha value is -3.06. The number of nitrogens with one attached hydrogen (secondary N) is 3. The number of hydrogen-bond donors (Lipinski definition) is 3. The molecular weight excluding hydrogens is 394 g/mol. The summed E-state index contributed by atoms with van der Waals surface area (Å²) in [6.07, 6.45) is -0.0560. The van der Waals surface area contributed by atoms with E-state index in [1.165, 1.54) is 6.92 Å². The second-order valence-corrected chi connectivity index (χ2v) is 7.08. The summed E-state index contributed by atoms with van der Waals surface area (Å²) >= 11 is 5.88. The molecule has 2 rings (SSSR count). The van der Waals surface area contributed by atoms with Crippen LogP contribution < -0.4 is 20.9 Å². The van der Waals surface area contributed by atoms with E-state index in [0.29, 0.717) is 10.8 Å². The lowest BCUT2D eigenvalue weighted by Gasteiger charge is -2.18. The average Bonchev–Trinajstić information content (AvgIpc) is 2.67. The van der Waals surface area contributed by atoms with Crippen molar-refractivity contribution in [1.82, 2.24) is 16.2 Å². The van der Waals surface area contributed by atoms with Crippen molar-refractivity contribution >= 4 is 29.3 Å². The second-order valence-electron chi connectivity index (χ2n) is 6.64. The minimum Gasteiger partial charge on any atom is -0.484 e. The second kappa shape index (κ2) is 10.5. The lowest BCUT2D eigenvalue weighted by molar-refractivity contribution is -0.130. The van der Waals surface area contributed by atoms with Gasteiger partial charge in [-0.3, -0.25) is 25.2 Å². The van der Waals surface area contributed by atoms with Gasteiger partial charge in [-0.1, -0.05) is 29.8 Å². The van der Waals surface area contributed by atoms with Gasteiger partial charge in [-0.25, -0.2) is 0 Å². The number of carbonyl (C=O) groups is 3. The van der Waals surface area contributed by atoms with Crippen molar-refractivity contribution in [3.63, 3.8) is 0 Å². The monoisotopic (exact) mass is 417 g/mol. The van der Waals surface area contributed by atoms with Crippen molar-refractivity contribution in [2.75, 3.05) is 6.61 Å². The first-order valence-electron chi connectivity index (χ1n) is 9.05. The molecule has 0 bridgehead atoms. The average molecular weight is 418 g/mol. The summed E-state index contributed by atoms with van der Waals surface area (Å²) in [4.78, 5) is 35.6. The predicted octanol–water partition coefficient (Wildman–Crippen LogP) is 2.75. The van der Waals surface area contributed by atoms with Gasteiger partial charge in [0.2, 0.25) is 11.8 Å². The fourth-order valence-electron chi connectivity index (χ4n) is 2.56. The van der Waals surface area contributed by atoms with Crippen LogP contribution in [0.25, 0.3) is 0 Å². The third-order valence-corrected chi connectivity index (χ3v) is 4.48. The number of hydrazine groups is 1. The number of carbonyl (C=O) groups excluding carboxylic acids is 3. The van der Waals surface area contributed by atoms with Gasteiger partial charge in [0.05, 0.1) is 12.5 Å². The van der Waals surface area contributed by atoms with E-state index in [0.717, 1.165) is 16.7 Å². The Labute approximate surface area is 174 Å². The number of hydrogen-bond acceptors (Lipinski definition) is 4. The van der Waals surface area contributed by atoms with Gasteiger partial charge in [-0.15, -0.1) is 0 Å². The van der Waals surface area contributed by atoms with Crippen LogP contribution in [-0.2, 0) is 14.4 Å². The summed E-state index contributed by atoms with van der Waals surface area (Å²) < 4.78 is 5.42. The molecule has 1 atom stereocenters. The molecular formula is C21H24ClN3O4. The summed E-state index contributed by atoms with van der Waals surface area (Å²) in [6.45, 7) is 5.07. The first-order valence-corrected chi connectivity index (χ1v) is 9.42. The molecule has 2 aromatic carbocycles. The van der Waals surface area contributed by atoms with Crippen molar-refractivity contribution in [2.24, 2.45) is 0 Å². The molecule has 0 heterocycles. The number of benzene rings is 2. The van der Waals surface area contributed by atoms with E-state index in [-0.39, 0.29) is 18.9 Å². The van der Waals surface area contributed by atoms with E-state index in [4.69, 9.17) is 16.3 Å². The molecule has 0 aromatic heterocycles. The molecule has 7 nitrogen and oxygen atoms in total. The maximum absolute atomic E-state index is 12.2. The van der Waals surface area contributed by atoms with Crippen LogP contribution in [0.2, 0.25) is 5.02 Å². The minimum atomic E-state index is -0.548. The first-order chi connectivity index (χ1) is 13.7. The van der Waals surface area contributed by atoms with Crippen LogP contribution in [0.5, 0.6) is 5.75 Å². The quantitative estimate of drug-likeness (QED) is 0.603. The molecule has 154 valence electrons. The molecule has 0 spiro atoms. The Morgan fingerprint density at radius 2 is 1.62 bits per heavy atom.